The molecule has 0 spiro atoms. The van der Waals surface area contributed by atoms with Crippen LogP contribution in [0.25, 0.3) is 0 Å². The largest absolute Gasteiger partial charge is 0.323 e. The van der Waals surface area contributed by atoms with Crippen LogP contribution in [-0.4, -0.2) is 31.7 Å². The highest BCUT2D eigenvalue weighted by atomic mass is 32.2. The van der Waals surface area contributed by atoms with E-state index in [9.17, 15) is 17.6 Å². The molecule has 0 radical (unpaired) electrons. The summed E-state index contributed by atoms with van der Waals surface area (Å²) in [5.74, 6) is -1.09. The summed E-state index contributed by atoms with van der Waals surface area (Å²) >= 11 is 0. The number of para-hydroxylation sites is 1. The summed E-state index contributed by atoms with van der Waals surface area (Å²) < 4.78 is 40.6. The van der Waals surface area contributed by atoms with Crippen LogP contribution < -0.4 is 5.32 Å². The van der Waals surface area contributed by atoms with Crippen LogP contribution in [0.2, 0.25) is 0 Å². The van der Waals surface area contributed by atoms with Gasteiger partial charge in [-0.15, -0.1) is 0 Å². The Morgan fingerprint density at radius 1 is 1.11 bits per heavy atom. The van der Waals surface area contributed by atoms with Gasteiger partial charge in [-0.25, -0.2) is 12.8 Å². The van der Waals surface area contributed by atoms with E-state index < -0.39 is 15.8 Å². The van der Waals surface area contributed by atoms with Gasteiger partial charge in [-0.1, -0.05) is 31.2 Å². The first-order valence-electron chi connectivity index (χ1n) is 9.06. The van der Waals surface area contributed by atoms with E-state index in [4.69, 9.17) is 0 Å². The number of carbonyl (C=O) groups is 1. The molecule has 3 rings (SSSR count). The van der Waals surface area contributed by atoms with Gasteiger partial charge in [0.1, 0.15) is 5.82 Å². The van der Waals surface area contributed by atoms with E-state index in [2.05, 4.69) is 5.32 Å². The molecule has 1 saturated heterocycles. The molecule has 0 saturated carbocycles. The number of benzene rings is 2. The number of rotatable bonds is 5. The number of hydrogen-bond donors (Lipinski definition) is 1. The first-order valence-corrected chi connectivity index (χ1v) is 10.5. The molecule has 1 N–H and O–H groups in total. The number of piperidine rings is 1. The number of halogens is 1. The maximum atomic E-state index is 13.7. The number of nitrogens with zero attached hydrogens (tertiary/aromatic N) is 1. The minimum Gasteiger partial charge on any atom is -0.323 e. The number of aryl methyl sites for hydroxylation is 1. The quantitative estimate of drug-likeness (QED) is 0.851. The van der Waals surface area contributed by atoms with Crippen LogP contribution in [-0.2, 0) is 21.2 Å². The van der Waals surface area contributed by atoms with Gasteiger partial charge in [-0.2, -0.15) is 4.31 Å². The molecule has 0 unspecified atom stereocenters. The fraction of sp³-hybridized carbons (Fsp3) is 0.350. The van der Waals surface area contributed by atoms with Crippen LogP contribution in [0.15, 0.2) is 53.4 Å². The van der Waals surface area contributed by atoms with Crippen molar-refractivity contribution in [3.63, 3.8) is 0 Å². The highest BCUT2D eigenvalue weighted by Crippen LogP contribution is 2.25. The van der Waals surface area contributed by atoms with Crippen molar-refractivity contribution in [3.8, 4) is 0 Å². The Bertz CT molecular complexity index is 905. The molecule has 1 heterocycles. The molecule has 2 aromatic carbocycles. The van der Waals surface area contributed by atoms with Crippen molar-refractivity contribution < 1.29 is 17.6 Å². The second-order valence-electron chi connectivity index (χ2n) is 6.64. The number of anilines is 1. The monoisotopic (exact) mass is 390 g/mol. The molecule has 1 aliphatic heterocycles. The third-order valence-electron chi connectivity index (χ3n) is 4.93. The summed E-state index contributed by atoms with van der Waals surface area (Å²) in [6.45, 7) is 2.56. The van der Waals surface area contributed by atoms with Gasteiger partial charge in [0.05, 0.1) is 10.6 Å². The standard InChI is InChI=1S/C20H23FN2O3S/c1-2-15-7-9-17(10-8-15)27(25,26)23-13-11-16(12-14-23)20(24)22-19-6-4-3-5-18(19)21/h3-10,16H,2,11-14H2,1H3,(H,22,24). The van der Waals surface area contributed by atoms with Crippen LogP contribution in [0.1, 0.15) is 25.3 Å². The van der Waals surface area contributed by atoms with Gasteiger partial charge in [0.2, 0.25) is 15.9 Å². The zero-order chi connectivity index (χ0) is 19.4. The number of nitrogens with one attached hydrogen (secondary N) is 1. The van der Waals surface area contributed by atoms with Gasteiger partial charge < -0.3 is 5.32 Å². The fourth-order valence-corrected chi connectivity index (χ4v) is 4.67. The Kier molecular flexibility index (Phi) is 5.92. The first kappa shape index (κ1) is 19.5. The second kappa shape index (κ2) is 8.19. The summed E-state index contributed by atoms with van der Waals surface area (Å²) in [6.07, 6.45) is 1.67. The van der Waals surface area contributed by atoms with E-state index >= 15 is 0 Å². The molecular weight excluding hydrogens is 367 g/mol. The molecular formula is C20H23FN2O3S. The van der Waals surface area contributed by atoms with Gasteiger partial charge in [-0.05, 0) is 49.1 Å². The molecule has 1 amide bonds. The molecule has 1 fully saturated rings. The van der Waals surface area contributed by atoms with Gasteiger partial charge in [-0.3, -0.25) is 4.79 Å². The normalized spacial score (nSPS) is 16.2. The predicted octanol–water partition coefficient (Wildman–Crippen LogP) is 3.43. The van der Waals surface area contributed by atoms with E-state index in [1.807, 2.05) is 19.1 Å². The molecule has 0 atom stereocenters. The summed E-state index contributed by atoms with van der Waals surface area (Å²) in [4.78, 5) is 12.6. The van der Waals surface area contributed by atoms with Gasteiger partial charge in [0, 0.05) is 19.0 Å². The third kappa shape index (κ3) is 4.36. The minimum absolute atomic E-state index is 0.147. The molecule has 2 aromatic rings. The molecule has 144 valence electrons. The second-order valence-corrected chi connectivity index (χ2v) is 8.58. The van der Waals surface area contributed by atoms with Crippen LogP contribution in [0, 0.1) is 11.7 Å². The van der Waals surface area contributed by atoms with Crippen molar-refractivity contribution in [1.82, 2.24) is 4.31 Å². The minimum atomic E-state index is -3.56. The fourth-order valence-electron chi connectivity index (χ4n) is 3.20. The number of carbonyl (C=O) groups excluding carboxylic acids is 1. The summed E-state index contributed by atoms with van der Waals surface area (Å²) in [7, 11) is -3.56. The van der Waals surface area contributed by atoms with Crippen molar-refractivity contribution in [3.05, 3.63) is 59.9 Å². The lowest BCUT2D eigenvalue weighted by Crippen LogP contribution is -2.41. The van der Waals surface area contributed by atoms with E-state index in [0.717, 1.165) is 12.0 Å². The zero-order valence-electron chi connectivity index (χ0n) is 15.2. The van der Waals surface area contributed by atoms with E-state index in [0.29, 0.717) is 12.8 Å². The lowest BCUT2D eigenvalue weighted by Gasteiger charge is -2.30. The lowest BCUT2D eigenvalue weighted by atomic mass is 9.97. The van der Waals surface area contributed by atoms with Crippen molar-refractivity contribution in [1.29, 1.82) is 0 Å². The van der Waals surface area contributed by atoms with Crippen LogP contribution in [0.3, 0.4) is 0 Å². The smallest absolute Gasteiger partial charge is 0.243 e. The van der Waals surface area contributed by atoms with Crippen molar-refractivity contribution >= 4 is 21.6 Å². The predicted molar refractivity (Wildman–Crippen MR) is 102 cm³/mol. The Labute approximate surface area is 159 Å². The molecule has 0 aromatic heterocycles. The Morgan fingerprint density at radius 2 is 1.74 bits per heavy atom. The number of sulfonamides is 1. The third-order valence-corrected chi connectivity index (χ3v) is 6.84. The summed E-state index contributed by atoms with van der Waals surface area (Å²) in [5, 5.41) is 2.60. The zero-order valence-corrected chi connectivity index (χ0v) is 16.0. The van der Waals surface area contributed by atoms with E-state index in [1.54, 1.807) is 24.3 Å². The molecule has 0 bridgehead atoms. The highest BCUT2D eigenvalue weighted by Gasteiger charge is 2.32. The molecule has 0 aliphatic carbocycles. The van der Waals surface area contributed by atoms with Crippen molar-refractivity contribution in [2.75, 3.05) is 18.4 Å². The van der Waals surface area contributed by atoms with E-state index in [1.165, 1.54) is 16.4 Å². The van der Waals surface area contributed by atoms with Crippen molar-refractivity contribution in [2.45, 2.75) is 31.1 Å². The van der Waals surface area contributed by atoms with E-state index in [-0.39, 0.29) is 35.5 Å². The first-order chi connectivity index (χ1) is 12.9. The maximum Gasteiger partial charge on any atom is 0.243 e. The topological polar surface area (TPSA) is 66.5 Å². The van der Waals surface area contributed by atoms with Gasteiger partial charge in [0.15, 0.2) is 0 Å². The Hall–Kier alpha value is -2.25. The number of hydrogen-bond acceptors (Lipinski definition) is 3. The highest BCUT2D eigenvalue weighted by molar-refractivity contribution is 7.89. The van der Waals surface area contributed by atoms with Crippen LogP contribution in [0.5, 0.6) is 0 Å². The molecule has 27 heavy (non-hydrogen) atoms. The van der Waals surface area contributed by atoms with Crippen LogP contribution >= 0.6 is 0 Å². The molecule has 1 aliphatic rings. The van der Waals surface area contributed by atoms with Crippen LogP contribution in [0.4, 0.5) is 10.1 Å². The molecule has 7 heteroatoms. The Morgan fingerprint density at radius 3 is 2.33 bits per heavy atom. The average Bonchev–Trinajstić information content (AvgIpc) is 2.70. The van der Waals surface area contributed by atoms with Gasteiger partial charge in [0.25, 0.3) is 0 Å². The molecule has 5 nitrogen and oxygen atoms in total. The van der Waals surface area contributed by atoms with Crippen molar-refractivity contribution in [2.24, 2.45) is 5.92 Å². The maximum absolute atomic E-state index is 13.7. The lowest BCUT2D eigenvalue weighted by molar-refractivity contribution is -0.120. The summed E-state index contributed by atoms with van der Waals surface area (Å²) in [6, 6.07) is 12.9. The average molecular weight is 390 g/mol. The Balaban J connectivity index is 1.62. The summed E-state index contributed by atoms with van der Waals surface area (Å²) in [5.41, 5.74) is 1.23. The van der Waals surface area contributed by atoms with Gasteiger partial charge >= 0.3 is 0 Å². The SMILES string of the molecule is CCc1ccc(S(=O)(=O)N2CCC(C(=O)Nc3ccccc3F)CC2)cc1. The number of amides is 1.